The van der Waals surface area contributed by atoms with Gasteiger partial charge in [0.2, 0.25) is 47.3 Å². The van der Waals surface area contributed by atoms with Gasteiger partial charge in [-0.2, -0.15) is 11.8 Å². The number of carbonyl (C=O) groups is 9. The zero-order chi connectivity index (χ0) is 41.7. The van der Waals surface area contributed by atoms with E-state index in [1.807, 2.05) is 0 Å². The van der Waals surface area contributed by atoms with Crippen LogP contribution in [0.3, 0.4) is 0 Å². The molecule has 20 nitrogen and oxygen atoms in total. The maximum absolute atomic E-state index is 13.6. The van der Waals surface area contributed by atoms with Crippen molar-refractivity contribution in [2.75, 3.05) is 18.6 Å². The molecule has 0 bridgehead atoms. The van der Waals surface area contributed by atoms with E-state index in [9.17, 15) is 53.4 Å². The van der Waals surface area contributed by atoms with Gasteiger partial charge < -0.3 is 59.3 Å². The first kappa shape index (κ1) is 49.5. The molecule has 0 unspecified atom stereocenters. The lowest BCUT2D eigenvalue weighted by atomic mass is 9.97. The average molecular weight is 790 g/mol. The number of nitrogens with one attached hydrogen (secondary N) is 6. The highest BCUT2D eigenvalue weighted by Gasteiger charge is 2.34. The van der Waals surface area contributed by atoms with Crippen LogP contribution in [0.15, 0.2) is 0 Å². The van der Waals surface area contributed by atoms with Crippen molar-refractivity contribution in [1.82, 2.24) is 31.9 Å². The van der Waals surface area contributed by atoms with Crippen LogP contribution in [0, 0.1) is 11.8 Å². The van der Waals surface area contributed by atoms with Crippen LogP contribution in [-0.4, -0.2) is 124 Å². The van der Waals surface area contributed by atoms with E-state index in [1.165, 1.54) is 18.7 Å². The fraction of sp³-hybridized carbons (Fsp3) is 0.727. The third-order valence-electron chi connectivity index (χ3n) is 8.21. The third-order valence-corrected chi connectivity index (χ3v) is 8.86. The molecular formula is C33H59N9O11S. The van der Waals surface area contributed by atoms with Crippen molar-refractivity contribution in [3.05, 3.63) is 0 Å². The molecule has 0 fully saturated rings. The number of rotatable bonds is 27. The van der Waals surface area contributed by atoms with Gasteiger partial charge in [0.25, 0.3) is 0 Å². The van der Waals surface area contributed by atoms with E-state index in [2.05, 4.69) is 31.9 Å². The Morgan fingerprint density at radius 3 is 1.46 bits per heavy atom. The first-order chi connectivity index (χ1) is 25.2. The quantitative estimate of drug-likeness (QED) is 0.0389. The molecule has 0 aromatic rings. The van der Waals surface area contributed by atoms with Crippen LogP contribution in [0.5, 0.6) is 0 Å². The Balaban J connectivity index is 6.18. The van der Waals surface area contributed by atoms with Gasteiger partial charge in [0, 0.05) is 12.8 Å². The van der Waals surface area contributed by atoms with Gasteiger partial charge in [0.15, 0.2) is 0 Å². The van der Waals surface area contributed by atoms with Gasteiger partial charge in [-0.05, 0) is 56.5 Å². The molecule has 0 saturated heterocycles. The van der Waals surface area contributed by atoms with Gasteiger partial charge in [-0.25, -0.2) is 4.79 Å². The minimum atomic E-state index is -1.55. The molecule has 0 rings (SSSR count). The van der Waals surface area contributed by atoms with E-state index in [4.69, 9.17) is 17.2 Å². The molecular weight excluding hydrogens is 730 g/mol. The van der Waals surface area contributed by atoms with Crippen LogP contribution >= 0.6 is 11.8 Å². The normalized spacial score (nSPS) is 15.5. The lowest BCUT2D eigenvalue weighted by Gasteiger charge is -2.28. The topological polar surface area (TPSA) is 344 Å². The number of carboxylic acids is 1. The van der Waals surface area contributed by atoms with Crippen LogP contribution in [-0.2, 0) is 43.2 Å². The summed E-state index contributed by atoms with van der Waals surface area (Å²) in [5, 5.41) is 34.2. The maximum atomic E-state index is 13.6. The maximum Gasteiger partial charge on any atom is 0.326 e. The summed E-state index contributed by atoms with van der Waals surface area (Å²) in [5.41, 5.74) is 16.0. The summed E-state index contributed by atoms with van der Waals surface area (Å²) in [6.07, 6.45) is 0.937. The van der Waals surface area contributed by atoms with Gasteiger partial charge in [-0.15, -0.1) is 0 Å². The monoisotopic (exact) mass is 789 g/mol. The van der Waals surface area contributed by atoms with Crippen LogP contribution < -0.4 is 49.1 Å². The second-order valence-corrected chi connectivity index (χ2v) is 14.4. The van der Waals surface area contributed by atoms with E-state index in [1.54, 1.807) is 34.0 Å². The molecule has 8 amide bonds. The zero-order valence-electron chi connectivity index (χ0n) is 31.8. The predicted octanol–water partition coefficient (Wildman–Crippen LogP) is -3.30. The minimum absolute atomic E-state index is 0.0424. The number of thioether (sulfide) groups is 1. The predicted molar refractivity (Wildman–Crippen MR) is 199 cm³/mol. The van der Waals surface area contributed by atoms with Gasteiger partial charge in [0.1, 0.15) is 36.3 Å². The molecule has 54 heavy (non-hydrogen) atoms. The largest absolute Gasteiger partial charge is 0.480 e. The van der Waals surface area contributed by atoms with Crippen molar-refractivity contribution in [3.8, 4) is 0 Å². The van der Waals surface area contributed by atoms with Crippen molar-refractivity contribution in [3.63, 3.8) is 0 Å². The summed E-state index contributed by atoms with van der Waals surface area (Å²) >= 11 is 1.35. The summed E-state index contributed by atoms with van der Waals surface area (Å²) < 4.78 is 0. The number of aliphatic carboxylic acids is 1. The number of aliphatic hydroxyl groups excluding tert-OH is 1. The molecule has 21 heteroatoms. The fourth-order valence-corrected chi connectivity index (χ4v) is 5.31. The summed E-state index contributed by atoms with van der Waals surface area (Å²) in [4.78, 5) is 114. The van der Waals surface area contributed by atoms with Gasteiger partial charge in [-0.1, -0.05) is 34.1 Å². The Morgan fingerprint density at radius 2 is 1.04 bits per heavy atom. The number of aliphatic hydroxyl groups is 1. The summed E-state index contributed by atoms with van der Waals surface area (Å²) in [6.45, 7) is 7.59. The van der Waals surface area contributed by atoms with Crippen molar-refractivity contribution < 1.29 is 53.4 Å². The lowest BCUT2D eigenvalue weighted by molar-refractivity contribution is -0.143. The van der Waals surface area contributed by atoms with E-state index in [-0.39, 0.29) is 50.4 Å². The average Bonchev–Trinajstić information content (AvgIpc) is 3.09. The van der Waals surface area contributed by atoms with E-state index in [0.717, 1.165) is 0 Å². The molecule has 0 radical (unpaired) electrons. The SMILES string of the molecule is CC[C@H](C)[C@H](NC(=O)[C@H](C)N)C(=O)N[C@@H](CO)C(=O)N[C@@H](CCSC)C(=O)N[C@@H](CC(C)C)C(=O)N[C@@H](CCC(N)=O)C(=O)N[C@@H](CCC(N)=O)C(=O)O. The van der Waals surface area contributed by atoms with Crippen molar-refractivity contribution in [2.45, 2.75) is 122 Å². The number of hydrogen-bond acceptors (Lipinski definition) is 12. The molecule has 0 aliphatic heterocycles. The highest BCUT2D eigenvalue weighted by molar-refractivity contribution is 7.98. The molecule has 0 aromatic carbocycles. The Bertz CT molecular complexity index is 1320. The first-order valence-corrected chi connectivity index (χ1v) is 19.0. The molecule has 0 heterocycles. The lowest BCUT2D eigenvalue weighted by Crippen LogP contribution is -2.61. The number of carboxylic acid groups (broad SMARTS) is 1. The zero-order valence-corrected chi connectivity index (χ0v) is 32.6. The van der Waals surface area contributed by atoms with Gasteiger partial charge >= 0.3 is 5.97 Å². The summed E-state index contributed by atoms with van der Waals surface area (Å²) in [5.74, 6) is -8.25. The second kappa shape index (κ2) is 25.5. The van der Waals surface area contributed by atoms with Crippen LogP contribution in [0.2, 0.25) is 0 Å². The van der Waals surface area contributed by atoms with Crippen molar-refractivity contribution in [1.29, 1.82) is 0 Å². The number of hydrogen-bond donors (Lipinski definition) is 11. The molecule has 8 atom stereocenters. The molecule has 0 saturated carbocycles. The van der Waals surface area contributed by atoms with Crippen molar-refractivity contribution >= 4 is 65.0 Å². The van der Waals surface area contributed by atoms with E-state index >= 15 is 0 Å². The Morgan fingerprint density at radius 1 is 0.611 bits per heavy atom. The summed E-state index contributed by atoms with van der Waals surface area (Å²) in [7, 11) is 0. The number of nitrogens with two attached hydrogens (primary N) is 3. The third kappa shape index (κ3) is 19.0. The van der Waals surface area contributed by atoms with Crippen LogP contribution in [0.1, 0.15) is 79.6 Å². The highest BCUT2D eigenvalue weighted by Crippen LogP contribution is 2.11. The molecule has 0 aromatic heterocycles. The van der Waals surface area contributed by atoms with Gasteiger partial charge in [0.05, 0.1) is 12.6 Å². The van der Waals surface area contributed by atoms with Gasteiger partial charge in [-0.3, -0.25) is 38.4 Å². The standard InChI is InChI=1S/C33H59N9O11S/c1-7-17(4)26(42-27(46)18(5)34)32(51)41-23(15-43)31(50)38-20(12-13-54-6)29(48)40-22(14-16(2)3)30(49)37-19(8-10-24(35)44)28(47)39-21(33(52)53)9-11-25(36)45/h16-23,26,43H,7-15,34H2,1-6H3,(H2,35,44)(H2,36,45)(H,37,49)(H,38,50)(H,39,47)(H,40,48)(H,41,51)(H,42,46)(H,52,53)/t17-,18-,19-,20-,21-,22-,23-,26-/m0/s1. The Hall–Kier alpha value is -4.50. The van der Waals surface area contributed by atoms with E-state index < -0.39 is 102 Å². The molecule has 308 valence electrons. The van der Waals surface area contributed by atoms with Crippen LogP contribution in [0.4, 0.5) is 0 Å². The van der Waals surface area contributed by atoms with E-state index in [0.29, 0.717) is 12.2 Å². The smallest absolute Gasteiger partial charge is 0.326 e. The Kier molecular flexibility index (Phi) is 23.4. The molecule has 14 N–H and O–H groups in total. The number of primary amides is 2. The molecule has 0 spiro atoms. The highest BCUT2D eigenvalue weighted by atomic mass is 32.2. The molecule has 0 aliphatic carbocycles. The summed E-state index contributed by atoms with van der Waals surface area (Å²) in [6, 6.07) is -9.12. The number of carbonyl (C=O) groups excluding carboxylic acids is 8. The molecule has 0 aliphatic rings. The first-order valence-electron chi connectivity index (χ1n) is 17.7. The Labute approximate surface area is 319 Å². The van der Waals surface area contributed by atoms with Crippen molar-refractivity contribution in [2.24, 2.45) is 29.0 Å². The van der Waals surface area contributed by atoms with Crippen LogP contribution in [0.25, 0.3) is 0 Å². The number of amides is 8. The minimum Gasteiger partial charge on any atom is -0.480 e. The fourth-order valence-electron chi connectivity index (χ4n) is 4.84. The second-order valence-electron chi connectivity index (χ2n) is 13.4.